The number of nitrogens with one attached hydrogen (secondary N) is 3. The number of amidine groups is 1. The fraction of sp³-hybridized carbons (Fsp3) is 0.375. The number of hydrogen-bond donors (Lipinski definition) is 3. The van der Waals surface area contributed by atoms with Gasteiger partial charge in [-0.1, -0.05) is 44.0 Å². The summed E-state index contributed by atoms with van der Waals surface area (Å²) < 4.78 is 27.2. The summed E-state index contributed by atoms with van der Waals surface area (Å²) >= 11 is 0. The molecule has 1 heterocycles. The Balaban J connectivity index is 1.42. The summed E-state index contributed by atoms with van der Waals surface area (Å²) in [4.78, 5) is 29.5. The third-order valence-corrected chi connectivity index (χ3v) is 7.11. The first-order valence-electron chi connectivity index (χ1n) is 11.2. The molecular formula is C24H28N4O4S. The van der Waals surface area contributed by atoms with Crippen molar-refractivity contribution in [3.63, 3.8) is 0 Å². The molecule has 3 N–H and O–H groups in total. The van der Waals surface area contributed by atoms with E-state index in [2.05, 4.69) is 20.3 Å². The highest BCUT2D eigenvalue weighted by Gasteiger charge is 2.32. The summed E-state index contributed by atoms with van der Waals surface area (Å²) in [7, 11) is -3.66. The van der Waals surface area contributed by atoms with Gasteiger partial charge in [0, 0.05) is 23.7 Å². The normalized spacial score (nSPS) is 18.3. The number of carbonyl (C=O) groups excluding carboxylic acids is 2. The third kappa shape index (κ3) is 5.60. The number of benzene rings is 2. The lowest BCUT2D eigenvalue weighted by Crippen LogP contribution is -2.35. The molecule has 9 heteroatoms. The molecule has 174 valence electrons. The monoisotopic (exact) mass is 468 g/mol. The Morgan fingerprint density at radius 1 is 1.12 bits per heavy atom. The number of carbonyl (C=O) groups is 2. The van der Waals surface area contributed by atoms with Crippen LogP contribution < -0.4 is 15.4 Å². The lowest BCUT2D eigenvalue weighted by atomic mass is 10.1. The van der Waals surface area contributed by atoms with Crippen LogP contribution in [0.3, 0.4) is 0 Å². The van der Waals surface area contributed by atoms with Crippen molar-refractivity contribution in [1.82, 2.24) is 10.0 Å². The van der Waals surface area contributed by atoms with Crippen molar-refractivity contribution in [3.05, 3.63) is 59.7 Å². The minimum Gasteiger partial charge on any atom is -0.350 e. The summed E-state index contributed by atoms with van der Waals surface area (Å²) in [5, 5.41) is 5.80. The van der Waals surface area contributed by atoms with E-state index in [9.17, 15) is 18.0 Å². The predicted molar refractivity (Wildman–Crippen MR) is 126 cm³/mol. The molecule has 0 radical (unpaired) electrons. The molecule has 4 rings (SSSR count). The zero-order valence-corrected chi connectivity index (χ0v) is 19.3. The van der Waals surface area contributed by atoms with Crippen LogP contribution in [0.5, 0.6) is 0 Å². The highest BCUT2D eigenvalue weighted by atomic mass is 32.2. The maximum Gasteiger partial charge on any atom is 0.263 e. The average molecular weight is 469 g/mol. The van der Waals surface area contributed by atoms with E-state index < -0.39 is 16.1 Å². The number of rotatable bonds is 9. The maximum absolute atomic E-state index is 12.9. The van der Waals surface area contributed by atoms with Gasteiger partial charge in [0.05, 0.1) is 4.90 Å². The van der Waals surface area contributed by atoms with Crippen molar-refractivity contribution >= 4 is 33.4 Å². The van der Waals surface area contributed by atoms with Crippen LogP contribution in [0.15, 0.2) is 58.4 Å². The van der Waals surface area contributed by atoms with Gasteiger partial charge in [-0.2, -0.15) is 0 Å². The molecule has 2 amide bonds. The fourth-order valence-corrected chi connectivity index (χ4v) is 4.88. The predicted octanol–water partition coefficient (Wildman–Crippen LogP) is 2.95. The zero-order valence-electron chi connectivity index (χ0n) is 18.5. The second kappa shape index (κ2) is 9.74. The molecule has 0 saturated heterocycles. The standard InChI is InChI=1S/C24H28N4O4S/c1-2-3-7-20(27-22-19-6-4-5-8-21(19)33(31,32)28-22)24(30)25-15-16-9-13-18(14-10-16)26-23(29)17-11-12-17/h4-6,8-10,13-14,17,20H,2-3,7,11-12,15H2,1H3,(H,25,30)(H,26,29)(H,27,28). The lowest BCUT2D eigenvalue weighted by molar-refractivity contribution is -0.122. The third-order valence-electron chi connectivity index (χ3n) is 5.72. The van der Waals surface area contributed by atoms with Crippen molar-refractivity contribution in [2.24, 2.45) is 10.9 Å². The first-order chi connectivity index (χ1) is 15.9. The first-order valence-corrected chi connectivity index (χ1v) is 12.7. The Morgan fingerprint density at radius 3 is 2.55 bits per heavy atom. The average Bonchev–Trinajstić information content (AvgIpc) is 3.62. The molecule has 8 nitrogen and oxygen atoms in total. The van der Waals surface area contributed by atoms with E-state index in [1.165, 1.54) is 6.07 Å². The van der Waals surface area contributed by atoms with Crippen LogP contribution in [-0.2, 0) is 26.2 Å². The molecule has 1 unspecified atom stereocenters. The highest BCUT2D eigenvalue weighted by Crippen LogP contribution is 2.30. The largest absolute Gasteiger partial charge is 0.350 e. The van der Waals surface area contributed by atoms with Crippen LogP contribution in [-0.4, -0.2) is 32.1 Å². The molecule has 2 aliphatic rings. The lowest BCUT2D eigenvalue weighted by Gasteiger charge is -2.14. The van der Waals surface area contributed by atoms with Crippen LogP contribution >= 0.6 is 0 Å². The van der Waals surface area contributed by atoms with Crippen LogP contribution in [0.1, 0.15) is 50.2 Å². The van der Waals surface area contributed by atoms with E-state index in [1.807, 2.05) is 31.2 Å². The SMILES string of the molecule is CCCCC(N=C1NS(=O)(=O)c2ccccc21)C(=O)NCc1ccc(NC(=O)C2CC2)cc1. The smallest absolute Gasteiger partial charge is 0.263 e. The van der Waals surface area contributed by atoms with Crippen molar-refractivity contribution in [3.8, 4) is 0 Å². The molecule has 1 aliphatic heterocycles. The van der Waals surface area contributed by atoms with Gasteiger partial charge >= 0.3 is 0 Å². The van der Waals surface area contributed by atoms with Crippen molar-refractivity contribution < 1.29 is 18.0 Å². The van der Waals surface area contributed by atoms with E-state index in [-0.39, 0.29) is 28.5 Å². The quantitative estimate of drug-likeness (QED) is 0.525. The minimum atomic E-state index is -3.66. The number of unbranched alkanes of at least 4 members (excludes halogenated alkanes) is 1. The van der Waals surface area contributed by atoms with E-state index in [0.29, 0.717) is 18.5 Å². The summed E-state index contributed by atoms with van der Waals surface area (Å²) in [5.74, 6) is 0.142. The molecule has 2 aromatic rings. The molecule has 0 spiro atoms. The maximum atomic E-state index is 12.9. The number of amides is 2. The molecule has 1 atom stereocenters. The van der Waals surface area contributed by atoms with Crippen molar-refractivity contribution in [1.29, 1.82) is 0 Å². The van der Waals surface area contributed by atoms with Gasteiger partial charge in [0.15, 0.2) is 0 Å². The highest BCUT2D eigenvalue weighted by molar-refractivity contribution is 7.90. The molecule has 1 fully saturated rings. The van der Waals surface area contributed by atoms with Crippen LogP contribution in [0.4, 0.5) is 5.69 Å². The second-order valence-corrected chi connectivity index (χ2v) is 10.1. The van der Waals surface area contributed by atoms with Gasteiger partial charge in [-0.25, -0.2) is 8.42 Å². The number of fused-ring (bicyclic) bond motifs is 1. The Labute approximate surface area is 193 Å². The first kappa shape index (κ1) is 23.0. The zero-order chi connectivity index (χ0) is 23.4. The number of aliphatic imine (C=N–C) groups is 1. The van der Waals surface area contributed by atoms with E-state index in [1.54, 1.807) is 18.2 Å². The Hall–Kier alpha value is -3.20. The van der Waals surface area contributed by atoms with Crippen molar-refractivity contribution in [2.45, 2.75) is 56.5 Å². The van der Waals surface area contributed by atoms with Gasteiger partial charge in [-0.3, -0.25) is 19.3 Å². The van der Waals surface area contributed by atoms with Crippen molar-refractivity contribution in [2.75, 3.05) is 5.32 Å². The Kier molecular flexibility index (Phi) is 6.78. The number of hydrogen-bond acceptors (Lipinski definition) is 5. The molecule has 33 heavy (non-hydrogen) atoms. The molecule has 0 aromatic heterocycles. The summed E-state index contributed by atoms with van der Waals surface area (Å²) in [5.41, 5.74) is 2.11. The molecule has 1 aliphatic carbocycles. The number of sulfonamides is 1. The van der Waals surface area contributed by atoms with E-state index in [4.69, 9.17) is 0 Å². The van der Waals surface area contributed by atoms with E-state index in [0.717, 1.165) is 36.9 Å². The van der Waals surface area contributed by atoms with Crippen LogP contribution in [0, 0.1) is 5.92 Å². The minimum absolute atomic E-state index is 0.0537. The van der Waals surface area contributed by atoms with Gasteiger partial charge in [0.2, 0.25) is 11.8 Å². The van der Waals surface area contributed by atoms with Gasteiger partial charge in [-0.15, -0.1) is 0 Å². The van der Waals surface area contributed by atoms with Crippen LogP contribution in [0.2, 0.25) is 0 Å². The number of nitrogens with zero attached hydrogens (tertiary/aromatic N) is 1. The van der Waals surface area contributed by atoms with Gasteiger partial charge in [0.25, 0.3) is 10.0 Å². The molecule has 2 aromatic carbocycles. The van der Waals surface area contributed by atoms with Crippen LogP contribution in [0.25, 0.3) is 0 Å². The van der Waals surface area contributed by atoms with Gasteiger partial charge < -0.3 is 10.6 Å². The number of anilines is 1. The molecule has 1 saturated carbocycles. The Morgan fingerprint density at radius 2 is 1.85 bits per heavy atom. The van der Waals surface area contributed by atoms with E-state index >= 15 is 0 Å². The van der Waals surface area contributed by atoms with Gasteiger partial charge in [-0.05, 0) is 49.1 Å². The molecule has 0 bridgehead atoms. The second-order valence-electron chi connectivity index (χ2n) is 8.42. The topological polar surface area (TPSA) is 117 Å². The summed E-state index contributed by atoms with van der Waals surface area (Å²) in [6.45, 7) is 2.34. The summed E-state index contributed by atoms with van der Waals surface area (Å²) in [6.07, 6.45) is 4.10. The molecular weight excluding hydrogens is 440 g/mol. The summed E-state index contributed by atoms with van der Waals surface area (Å²) in [6, 6.07) is 13.3. The van der Waals surface area contributed by atoms with Gasteiger partial charge in [0.1, 0.15) is 11.9 Å². The Bertz CT molecular complexity index is 1170. The fourth-order valence-electron chi connectivity index (χ4n) is 3.64.